The first-order valence-electron chi connectivity index (χ1n) is 7.66. The van der Waals surface area contributed by atoms with Crippen molar-refractivity contribution in [2.45, 2.75) is 20.8 Å². The summed E-state index contributed by atoms with van der Waals surface area (Å²) in [4.78, 5) is 23.2. The Labute approximate surface area is 145 Å². The molecule has 0 bridgehead atoms. The highest BCUT2D eigenvalue weighted by Gasteiger charge is 2.26. The lowest BCUT2D eigenvalue weighted by molar-refractivity contribution is -0.385. The van der Waals surface area contributed by atoms with E-state index in [9.17, 15) is 14.9 Å². The number of nitro groups is 1. The van der Waals surface area contributed by atoms with Gasteiger partial charge in [0.05, 0.1) is 24.7 Å². The predicted molar refractivity (Wildman–Crippen MR) is 91.7 cm³/mol. The summed E-state index contributed by atoms with van der Waals surface area (Å²) in [5, 5.41) is 11.3. The van der Waals surface area contributed by atoms with Gasteiger partial charge in [-0.3, -0.25) is 10.1 Å². The number of esters is 1. The second-order valence-electron chi connectivity index (χ2n) is 5.37. The first-order valence-corrected chi connectivity index (χ1v) is 7.66. The lowest BCUT2D eigenvalue weighted by atomic mass is 10.1. The van der Waals surface area contributed by atoms with Crippen molar-refractivity contribution in [3.8, 4) is 17.2 Å². The van der Waals surface area contributed by atoms with Crippen LogP contribution in [0.1, 0.15) is 28.4 Å². The van der Waals surface area contributed by atoms with E-state index in [4.69, 9.17) is 14.2 Å². The first kappa shape index (κ1) is 18.3. The van der Waals surface area contributed by atoms with Crippen LogP contribution in [0.15, 0.2) is 30.3 Å². The van der Waals surface area contributed by atoms with Crippen LogP contribution in [0.2, 0.25) is 0 Å². The Morgan fingerprint density at radius 2 is 1.84 bits per heavy atom. The lowest BCUT2D eigenvalue weighted by Gasteiger charge is -2.12. The third-order valence-corrected chi connectivity index (χ3v) is 3.53. The van der Waals surface area contributed by atoms with Crippen LogP contribution in [0.25, 0.3) is 0 Å². The van der Waals surface area contributed by atoms with Gasteiger partial charge < -0.3 is 14.2 Å². The third-order valence-electron chi connectivity index (χ3n) is 3.53. The third kappa shape index (κ3) is 4.06. The molecule has 2 rings (SSSR count). The van der Waals surface area contributed by atoms with Gasteiger partial charge >= 0.3 is 5.97 Å². The first-order chi connectivity index (χ1) is 11.9. The van der Waals surface area contributed by atoms with Crippen LogP contribution in [-0.4, -0.2) is 24.6 Å². The molecule has 0 aliphatic heterocycles. The fourth-order valence-corrected chi connectivity index (χ4v) is 2.36. The van der Waals surface area contributed by atoms with E-state index in [1.165, 1.54) is 13.2 Å². The number of benzene rings is 2. The predicted octanol–water partition coefficient (Wildman–Crippen LogP) is 3.84. The van der Waals surface area contributed by atoms with E-state index in [2.05, 4.69) is 0 Å². The molecule has 2 aromatic rings. The molecular formula is C18H19NO6. The van der Waals surface area contributed by atoms with Gasteiger partial charge in [0.15, 0.2) is 11.5 Å². The lowest BCUT2D eigenvalue weighted by Crippen LogP contribution is -2.13. The Kier molecular flexibility index (Phi) is 5.59. The molecule has 0 spiro atoms. The van der Waals surface area contributed by atoms with Crippen molar-refractivity contribution in [3.63, 3.8) is 0 Å². The molecule has 0 aromatic heterocycles. The number of ether oxygens (including phenoxy) is 3. The number of nitro benzene ring substituents is 1. The van der Waals surface area contributed by atoms with Gasteiger partial charge in [-0.1, -0.05) is 17.7 Å². The normalized spacial score (nSPS) is 10.2. The second-order valence-corrected chi connectivity index (χ2v) is 5.37. The molecule has 0 aliphatic rings. The average molecular weight is 345 g/mol. The van der Waals surface area contributed by atoms with Crippen molar-refractivity contribution in [3.05, 3.63) is 57.1 Å². The van der Waals surface area contributed by atoms with Gasteiger partial charge in [0.25, 0.3) is 5.69 Å². The summed E-state index contributed by atoms with van der Waals surface area (Å²) in [5.74, 6) is -0.0688. The standard InChI is InChI=1S/C18H19NO6/c1-5-24-17-9-13(14(19(21)22)10-16(17)23-4)18(20)25-15-7-6-11(2)8-12(15)3/h6-10H,5H2,1-4H3. The summed E-state index contributed by atoms with van der Waals surface area (Å²) in [6.45, 7) is 5.79. The highest BCUT2D eigenvalue weighted by atomic mass is 16.6. The largest absolute Gasteiger partial charge is 0.493 e. The number of carbonyl (C=O) groups is 1. The van der Waals surface area contributed by atoms with Crippen LogP contribution in [0, 0.1) is 24.0 Å². The Morgan fingerprint density at radius 3 is 2.40 bits per heavy atom. The maximum absolute atomic E-state index is 12.5. The second kappa shape index (κ2) is 7.65. The Bertz CT molecular complexity index is 815. The maximum atomic E-state index is 12.5. The highest BCUT2D eigenvalue weighted by Crippen LogP contribution is 2.35. The smallest absolute Gasteiger partial charge is 0.350 e. The molecule has 0 saturated carbocycles. The van der Waals surface area contributed by atoms with E-state index in [1.54, 1.807) is 26.0 Å². The molecule has 0 heterocycles. The molecule has 0 aliphatic carbocycles. The van der Waals surface area contributed by atoms with Gasteiger partial charge in [-0.2, -0.15) is 0 Å². The molecule has 0 atom stereocenters. The Hall–Kier alpha value is -3.09. The molecular weight excluding hydrogens is 326 g/mol. The van der Waals surface area contributed by atoms with Crippen molar-refractivity contribution in [2.75, 3.05) is 13.7 Å². The number of aryl methyl sites for hydroxylation is 2. The van der Waals surface area contributed by atoms with E-state index >= 15 is 0 Å². The van der Waals surface area contributed by atoms with Crippen molar-refractivity contribution >= 4 is 11.7 Å². The summed E-state index contributed by atoms with van der Waals surface area (Å²) >= 11 is 0. The van der Waals surface area contributed by atoms with Crippen LogP contribution in [0.5, 0.6) is 17.2 Å². The maximum Gasteiger partial charge on any atom is 0.350 e. The monoisotopic (exact) mass is 345 g/mol. The molecule has 7 heteroatoms. The Balaban J connectivity index is 2.46. The minimum absolute atomic E-state index is 0.177. The minimum Gasteiger partial charge on any atom is -0.493 e. The number of methoxy groups -OCH3 is 1. The molecule has 0 N–H and O–H groups in total. The summed E-state index contributed by atoms with van der Waals surface area (Å²) in [6.07, 6.45) is 0. The number of hydrogen-bond acceptors (Lipinski definition) is 6. The molecule has 0 fully saturated rings. The molecule has 0 saturated heterocycles. The van der Waals surface area contributed by atoms with Crippen LogP contribution < -0.4 is 14.2 Å². The zero-order chi connectivity index (χ0) is 18.6. The molecule has 132 valence electrons. The molecule has 25 heavy (non-hydrogen) atoms. The SMILES string of the molecule is CCOc1cc(C(=O)Oc2ccc(C)cc2C)c([N+](=O)[O-])cc1OC. The van der Waals surface area contributed by atoms with Gasteiger partial charge in [0, 0.05) is 6.07 Å². The molecule has 0 amide bonds. The zero-order valence-electron chi connectivity index (χ0n) is 14.5. The number of hydrogen-bond donors (Lipinski definition) is 0. The summed E-state index contributed by atoms with van der Waals surface area (Å²) < 4.78 is 15.8. The van der Waals surface area contributed by atoms with Crippen LogP contribution in [-0.2, 0) is 0 Å². The van der Waals surface area contributed by atoms with E-state index in [0.717, 1.165) is 17.2 Å². The molecule has 0 unspecified atom stereocenters. The number of carbonyl (C=O) groups excluding carboxylic acids is 1. The topological polar surface area (TPSA) is 87.9 Å². The van der Waals surface area contributed by atoms with Crippen molar-refractivity contribution in [1.82, 2.24) is 0 Å². The van der Waals surface area contributed by atoms with E-state index in [1.807, 2.05) is 13.0 Å². The Morgan fingerprint density at radius 1 is 1.12 bits per heavy atom. The van der Waals surface area contributed by atoms with Crippen molar-refractivity contribution in [1.29, 1.82) is 0 Å². The highest BCUT2D eigenvalue weighted by molar-refractivity contribution is 5.96. The van der Waals surface area contributed by atoms with E-state index in [-0.39, 0.29) is 17.1 Å². The van der Waals surface area contributed by atoms with Gasteiger partial charge in [-0.05, 0) is 32.4 Å². The fraction of sp³-hybridized carbons (Fsp3) is 0.278. The van der Waals surface area contributed by atoms with Gasteiger partial charge in [-0.25, -0.2) is 4.79 Å². The summed E-state index contributed by atoms with van der Waals surface area (Å²) in [6, 6.07) is 7.73. The van der Waals surface area contributed by atoms with Crippen LogP contribution >= 0.6 is 0 Å². The minimum atomic E-state index is -0.831. The van der Waals surface area contributed by atoms with Crippen LogP contribution in [0.3, 0.4) is 0 Å². The molecule has 7 nitrogen and oxygen atoms in total. The number of nitrogens with zero attached hydrogens (tertiary/aromatic N) is 1. The van der Waals surface area contributed by atoms with Crippen molar-refractivity contribution in [2.24, 2.45) is 0 Å². The number of rotatable bonds is 6. The van der Waals surface area contributed by atoms with Gasteiger partial charge in [0.1, 0.15) is 11.3 Å². The van der Waals surface area contributed by atoms with Crippen molar-refractivity contribution < 1.29 is 23.9 Å². The molecule has 2 aromatic carbocycles. The summed E-state index contributed by atoms with van der Waals surface area (Å²) in [7, 11) is 1.37. The van der Waals surface area contributed by atoms with E-state index in [0.29, 0.717) is 12.4 Å². The van der Waals surface area contributed by atoms with Gasteiger partial charge in [0.2, 0.25) is 0 Å². The zero-order valence-corrected chi connectivity index (χ0v) is 14.5. The average Bonchev–Trinajstić information content (AvgIpc) is 2.57. The fourth-order valence-electron chi connectivity index (χ4n) is 2.36. The quantitative estimate of drug-likeness (QED) is 0.342. The van der Waals surface area contributed by atoms with Crippen LogP contribution in [0.4, 0.5) is 5.69 Å². The van der Waals surface area contributed by atoms with Gasteiger partial charge in [-0.15, -0.1) is 0 Å². The summed E-state index contributed by atoms with van der Waals surface area (Å²) in [5.41, 5.74) is 1.17. The van der Waals surface area contributed by atoms with E-state index < -0.39 is 16.6 Å². The molecule has 0 radical (unpaired) electrons.